The molecule has 4 aromatic rings. The van der Waals surface area contributed by atoms with Gasteiger partial charge in [-0.05, 0) is 31.4 Å². The maximum Gasteiger partial charge on any atom is 0.255 e. The molecule has 0 aliphatic rings. The number of carbonyl (C=O) groups excluding carboxylic acids is 1. The number of aryl methyl sites for hydroxylation is 1. The summed E-state index contributed by atoms with van der Waals surface area (Å²) in [5.74, 6) is 0.767. The zero-order valence-electron chi connectivity index (χ0n) is 14.7. The van der Waals surface area contributed by atoms with Crippen molar-refractivity contribution in [3.05, 3.63) is 64.8 Å². The van der Waals surface area contributed by atoms with Crippen LogP contribution < -0.4 is 5.32 Å². The Morgan fingerprint density at radius 2 is 2.22 bits per heavy atom. The van der Waals surface area contributed by atoms with Crippen molar-refractivity contribution in [1.82, 2.24) is 30.2 Å². The minimum Gasteiger partial charge on any atom is -0.359 e. The fourth-order valence-electron chi connectivity index (χ4n) is 2.61. The van der Waals surface area contributed by atoms with Crippen LogP contribution in [0.4, 0.5) is 0 Å². The Morgan fingerprint density at radius 3 is 2.96 bits per heavy atom. The highest BCUT2D eigenvalue weighted by molar-refractivity contribution is 7.13. The van der Waals surface area contributed by atoms with Gasteiger partial charge in [-0.2, -0.15) is 5.10 Å². The molecule has 0 saturated heterocycles. The third kappa shape index (κ3) is 3.49. The van der Waals surface area contributed by atoms with E-state index in [0.29, 0.717) is 23.0 Å². The van der Waals surface area contributed by atoms with Crippen LogP contribution in [0.1, 0.15) is 27.5 Å². The molecule has 0 spiro atoms. The number of aromatic nitrogens is 5. The Labute approximate surface area is 158 Å². The first-order valence-corrected chi connectivity index (χ1v) is 9.12. The molecular weight excluding hydrogens is 364 g/mol. The summed E-state index contributed by atoms with van der Waals surface area (Å²) in [7, 11) is 0. The smallest absolute Gasteiger partial charge is 0.255 e. The number of rotatable bonds is 5. The molecule has 0 bridgehead atoms. The van der Waals surface area contributed by atoms with Gasteiger partial charge in [0.05, 0.1) is 40.3 Å². The van der Waals surface area contributed by atoms with Crippen molar-refractivity contribution in [1.29, 1.82) is 0 Å². The number of hydrogen-bond acceptors (Lipinski definition) is 7. The Hall–Kier alpha value is -3.33. The predicted molar refractivity (Wildman–Crippen MR) is 99.6 cm³/mol. The van der Waals surface area contributed by atoms with Crippen molar-refractivity contribution < 1.29 is 9.32 Å². The van der Waals surface area contributed by atoms with E-state index in [2.05, 4.69) is 25.5 Å². The quantitative estimate of drug-likeness (QED) is 0.571. The summed E-state index contributed by atoms with van der Waals surface area (Å²) in [5, 5.41) is 12.9. The number of carbonyl (C=O) groups is 1. The van der Waals surface area contributed by atoms with Crippen molar-refractivity contribution in [2.75, 3.05) is 0 Å². The maximum atomic E-state index is 12.5. The number of nitrogens with one attached hydrogen (secondary N) is 1. The fourth-order valence-corrected chi connectivity index (χ4v) is 3.30. The van der Waals surface area contributed by atoms with Gasteiger partial charge in [-0.15, -0.1) is 11.3 Å². The molecule has 0 saturated carbocycles. The number of thiophene rings is 1. The molecule has 9 heteroatoms. The average molecular weight is 380 g/mol. The van der Waals surface area contributed by atoms with Crippen molar-refractivity contribution in [3.8, 4) is 16.5 Å². The van der Waals surface area contributed by atoms with E-state index >= 15 is 0 Å². The lowest BCUT2D eigenvalue weighted by molar-refractivity contribution is 0.0946. The average Bonchev–Trinajstić information content (AvgIpc) is 3.41. The molecular formula is C18H16N6O2S. The van der Waals surface area contributed by atoms with E-state index in [1.165, 1.54) is 6.20 Å². The highest BCUT2D eigenvalue weighted by Crippen LogP contribution is 2.23. The van der Waals surface area contributed by atoms with E-state index in [-0.39, 0.29) is 12.5 Å². The summed E-state index contributed by atoms with van der Waals surface area (Å²) >= 11 is 1.60. The molecule has 0 aliphatic heterocycles. The topological polar surface area (TPSA) is 98.7 Å². The Kier molecular flexibility index (Phi) is 4.51. The van der Waals surface area contributed by atoms with Gasteiger partial charge in [0.25, 0.3) is 11.9 Å². The molecule has 8 nitrogen and oxygen atoms in total. The van der Waals surface area contributed by atoms with Crippen LogP contribution in [-0.2, 0) is 6.54 Å². The van der Waals surface area contributed by atoms with Crippen molar-refractivity contribution in [3.63, 3.8) is 0 Å². The van der Waals surface area contributed by atoms with Crippen LogP contribution in [-0.4, -0.2) is 30.8 Å². The SMILES string of the molecule is Cc1cc(CNC(=O)c2cnn(-c3nccc(-c4cccs4)n3)c2C)on1. The molecule has 0 atom stereocenters. The molecule has 0 radical (unpaired) electrons. The fraction of sp³-hybridized carbons (Fsp3) is 0.167. The Morgan fingerprint density at radius 1 is 1.33 bits per heavy atom. The highest BCUT2D eigenvalue weighted by atomic mass is 32.1. The minimum absolute atomic E-state index is 0.248. The molecule has 4 heterocycles. The molecule has 1 amide bonds. The first-order chi connectivity index (χ1) is 13.1. The van der Waals surface area contributed by atoms with Crippen molar-refractivity contribution >= 4 is 17.2 Å². The van der Waals surface area contributed by atoms with Crippen LogP contribution in [0.2, 0.25) is 0 Å². The van der Waals surface area contributed by atoms with E-state index < -0.39 is 0 Å². The third-order valence-corrected chi connectivity index (χ3v) is 4.85. The summed E-state index contributed by atoms with van der Waals surface area (Å²) in [6.07, 6.45) is 3.20. The maximum absolute atomic E-state index is 12.5. The van der Waals surface area contributed by atoms with Crippen molar-refractivity contribution in [2.24, 2.45) is 0 Å². The van der Waals surface area contributed by atoms with Gasteiger partial charge in [0.15, 0.2) is 5.76 Å². The van der Waals surface area contributed by atoms with Gasteiger partial charge in [0.1, 0.15) is 0 Å². The molecule has 27 heavy (non-hydrogen) atoms. The molecule has 0 unspecified atom stereocenters. The summed E-state index contributed by atoms with van der Waals surface area (Å²) < 4.78 is 6.66. The predicted octanol–water partition coefficient (Wildman–Crippen LogP) is 2.93. The standard InChI is InChI=1S/C18H16N6O2S/c1-11-8-13(26-23-11)9-20-17(25)14-10-21-24(12(14)2)18-19-6-5-15(22-18)16-4-3-7-27-16/h3-8,10H,9H2,1-2H3,(H,20,25). The lowest BCUT2D eigenvalue weighted by atomic mass is 10.2. The number of amides is 1. The number of nitrogens with zero attached hydrogens (tertiary/aromatic N) is 5. The third-order valence-electron chi connectivity index (χ3n) is 3.96. The van der Waals surface area contributed by atoms with E-state index in [4.69, 9.17) is 4.52 Å². The highest BCUT2D eigenvalue weighted by Gasteiger charge is 2.17. The monoisotopic (exact) mass is 380 g/mol. The summed E-state index contributed by atoms with van der Waals surface area (Å²) in [5.41, 5.74) is 2.70. The van der Waals surface area contributed by atoms with Gasteiger partial charge in [0.2, 0.25) is 0 Å². The van der Waals surface area contributed by atoms with Crippen LogP contribution in [0.5, 0.6) is 0 Å². The lowest BCUT2D eigenvalue weighted by Gasteiger charge is -2.05. The van der Waals surface area contributed by atoms with Gasteiger partial charge < -0.3 is 9.84 Å². The van der Waals surface area contributed by atoms with Crippen LogP contribution in [0.3, 0.4) is 0 Å². The molecule has 0 fully saturated rings. The van der Waals surface area contributed by atoms with Gasteiger partial charge in [-0.3, -0.25) is 4.79 Å². The second kappa shape index (κ2) is 7.12. The first kappa shape index (κ1) is 17.1. The molecule has 0 aromatic carbocycles. The van der Waals surface area contributed by atoms with E-state index in [1.54, 1.807) is 28.3 Å². The molecule has 1 N–H and O–H groups in total. The molecule has 4 rings (SSSR count). The largest absolute Gasteiger partial charge is 0.359 e. The summed E-state index contributed by atoms with van der Waals surface area (Å²) in [6, 6.07) is 7.60. The minimum atomic E-state index is -0.248. The van der Waals surface area contributed by atoms with Gasteiger partial charge >= 0.3 is 0 Å². The van der Waals surface area contributed by atoms with Gasteiger partial charge in [-0.25, -0.2) is 14.6 Å². The van der Waals surface area contributed by atoms with Crippen LogP contribution in [0.15, 0.2) is 46.6 Å². The second-order valence-corrected chi connectivity index (χ2v) is 6.84. The first-order valence-electron chi connectivity index (χ1n) is 8.24. The Balaban J connectivity index is 1.55. The van der Waals surface area contributed by atoms with Crippen LogP contribution in [0, 0.1) is 13.8 Å². The van der Waals surface area contributed by atoms with Crippen LogP contribution >= 0.6 is 11.3 Å². The molecule has 4 aromatic heterocycles. The lowest BCUT2D eigenvalue weighted by Crippen LogP contribution is -2.23. The summed E-state index contributed by atoms with van der Waals surface area (Å²) in [4.78, 5) is 22.4. The van der Waals surface area contributed by atoms with E-state index in [1.807, 2.05) is 37.4 Å². The molecule has 136 valence electrons. The summed E-state index contributed by atoms with van der Waals surface area (Å²) in [6.45, 7) is 3.89. The Bertz CT molecular complexity index is 1080. The van der Waals surface area contributed by atoms with Gasteiger partial charge in [0, 0.05) is 12.3 Å². The van der Waals surface area contributed by atoms with E-state index in [0.717, 1.165) is 16.3 Å². The normalized spacial score (nSPS) is 10.9. The van der Waals surface area contributed by atoms with Gasteiger partial charge in [-0.1, -0.05) is 11.2 Å². The zero-order chi connectivity index (χ0) is 18.8. The second-order valence-electron chi connectivity index (χ2n) is 5.89. The van der Waals surface area contributed by atoms with Crippen LogP contribution in [0.25, 0.3) is 16.5 Å². The zero-order valence-corrected chi connectivity index (χ0v) is 15.5. The van der Waals surface area contributed by atoms with Crippen molar-refractivity contribution in [2.45, 2.75) is 20.4 Å². The molecule has 0 aliphatic carbocycles. The van der Waals surface area contributed by atoms with E-state index in [9.17, 15) is 4.79 Å². The number of hydrogen-bond donors (Lipinski definition) is 1.